The van der Waals surface area contributed by atoms with E-state index in [1.165, 1.54) is 22.3 Å². The zero-order chi connectivity index (χ0) is 12.1. The van der Waals surface area contributed by atoms with E-state index in [1.807, 2.05) is 6.92 Å². The van der Waals surface area contributed by atoms with Gasteiger partial charge in [0.25, 0.3) is 0 Å². The average Bonchev–Trinajstić information content (AvgIpc) is 2.23. The molecule has 1 unspecified atom stereocenters. The average molecular weight is 220 g/mol. The van der Waals surface area contributed by atoms with Crippen molar-refractivity contribution < 1.29 is 0 Å². The van der Waals surface area contributed by atoms with Crippen LogP contribution in [0.5, 0.6) is 0 Å². The Kier molecular flexibility index (Phi) is 4.97. The molecule has 2 nitrogen and oxygen atoms in total. The summed E-state index contributed by atoms with van der Waals surface area (Å²) < 4.78 is 0. The van der Waals surface area contributed by atoms with Gasteiger partial charge in [0, 0.05) is 12.6 Å². The quantitative estimate of drug-likeness (QED) is 0.746. The number of nitrogens with one attached hydrogen (secondary N) is 1. The summed E-state index contributed by atoms with van der Waals surface area (Å²) in [4.78, 5) is 0. The summed E-state index contributed by atoms with van der Waals surface area (Å²) in [7, 11) is 0. The number of hydrogen-bond acceptors (Lipinski definition) is 2. The zero-order valence-electron chi connectivity index (χ0n) is 10.9. The lowest BCUT2D eigenvalue weighted by molar-refractivity contribution is 0.608. The Morgan fingerprint density at radius 3 is 2.50 bits per heavy atom. The van der Waals surface area contributed by atoms with Crippen LogP contribution in [0, 0.1) is 20.8 Å². The molecule has 0 aliphatic rings. The minimum Gasteiger partial charge on any atom is -0.327 e. The van der Waals surface area contributed by atoms with Crippen LogP contribution in [0.1, 0.15) is 29.2 Å². The van der Waals surface area contributed by atoms with Gasteiger partial charge in [0.05, 0.1) is 0 Å². The third kappa shape index (κ3) is 3.62. The van der Waals surface area contributed by atoms with E-state index < -0.39 is 0 Å². The van der Waals surface area contributed by atoms with Crippen LogP contribution >= 0.6 is 0 Å². The van der Waals surface area contributed by atoms with Crippen molar-refractivity contribution in [2.24, 2.45) is 5.73 Å². The zero-order valence-corrected chi connectivity index (χ0v) is 10.9. The molecule has 2 heteroatoms. The van der Waals surface area contributed by atoms with E-state index in [-0.39, 0.29) is 6.04 Å². The Morgan fingerprint density at radius 2 is 1.88 bits per heavy atom. The Bertz CT molecular complexity index is 343. The number of nitrogens with two attached hydrogens (primary N) is 1. The predicted octanol–water partition coefficient (Wildman–Crippen LogP) is 2.09. The molecule has 0 aromatic heterocycles. The fourth-order valence-electron chi connectivity index (χ4n) is 1.84. The molecular weight excluding hydrogens is 196 g/mol. The second kappa shape index (κ2) is 6.02. The minimum atomic E-state index is 0.237. The highest BCUT2D eigenvalue weighted by atomic mass is 14.9. The van der Waals surface area contributed by atoms with Crippen LogP contribution in [0.4, 0.5) is 0 Å². The molecule has 16 heavy (non-hydrogen) atoms. The van der Waals surface area contributed by atoms with Gasteiger partial charge < -0.3 is 11.1 Å². The van der Waals surface area contributed by atoms with Gasteiger partial charge in [-0.2, -0.15) is 0 Å². The molecule has 1 aromatic rings. The molecule has 1 atom stereocenters. The number of benzene rings is 1. The molecule has 0 heterocycles. The van der Waals surface area contributed by atoms with Gasteiger partial charge in [-0.25, -0.2) is 0 Å². The maximum Gasteiger partial charge on any atom is 0.0136 e. The molecule has 0 saturated heterocycles. The molecule has 0 aliphatic carbocycles. The van der Waals surface area contributed by atoms with Gasteiger partial charge in [-0.05, 0) is 62.9 Å². The summed E-state index contributed by atoms with van der Waals surface area (Å²) in [5, 5.41) is 3.37. The summed E-state index contributed by atoms with van der Waals surface area (Å²) in [5.74, 6) is 0. The lowest BCUT2D eigenvalue weighted by Gasteiger charge is -2.12. The highest BCUT2D eigenvalue weighted by Crippen LogP contribution is 2.17. The molecule has 3 N–H and O–H groups in total. The summed E-state index contributed by atoms with van der Waals surface area (Å²) in [6, 6.07) is 4.69. The van der Waals surface area contributed by atoms with Crippen LogP contribution in [-0.2, 0) is 6.42 Å². The minimum absolute atomic E-state index is 0.237. The molecule has 0 spiro atoms. The van der Waals surface area contributed by atoms with Crippen molar-refractivity contribution in [3.63, 3.8) is 0 Å². The highest BCUT2D eigenvalue weighted by Gasteiger charge is 2.03. The highest BCUT2D eigenvalue weighted by molar-refractivity contribution is 5.38. The summed E-state index contributed by atoms with van der Waals surface area (Å²) in [6.45, 7) is 10.5. The number of rotatable bonds is 5. The fraction of sp³-hybridized carbons (Fsp3) is 0.571. The third-order valence-corrected chi connectivity index (χ3v) is 3.21. The van der Waals surface area contributed by atoms with Crippen LogP contribution in [-0.4, -0.2) is 19.1 Å². The van der Waals surface area contributed by atoms with Gasteiger partial charge in [-0.1, -0.05) is 12.1 Å². The lowest BCUT2D eigenvalue weighted by atomic mass is 9.97. The van der Waals surface area contributed by atoms with Crippen LogP contribution in [0.15, 0.2) is 12.1 Å². The van der Waals surface area contributed by atoms with Crippen molar-refractivity contribution in [1.29, 1.82) is 0 Å². The van der Waals surface area contributed by atoms with Crippen molar-refractivity contribution in [3.05, 3.63) is 34.4 Å². The topological polar surface area (TPSA) is 38.0 Å². The SMILES string of the molecule is Cc1ccc(CCNCC(C)N)c(C)c1C. The molecule has 0 radical (unpaired) electrons. The van der Waals surface area contributed by atoms with Gasteiger partial charge >= 0.3 is 0 Å². The summed E-state index contributed by atoms with van der Waals surface area (Å²) in [6.07, 6.45) is 1.08. The van der Waals surface area contributed by atoms with Gasteiger partial charge in [-0.3, -0.25) is 0 Å². The fourth-order valence-corrected chi connectivity index (χ4v) is 1.84. The largest absolute Gasteiger partial charge is 0.327 e. The third-order valence-electron chi connectivity index (χ3n) is 3.21. The van der Waals surface area contributed by atoms with E-state index in [1.54, 1.807) is 0 Å². The Balaban J connectivity index is 2.52. The van der Waals surface area contributed by atoms with Gasteiger partial charge in [0.2, 0.25) is 0 Å². The van der Waals surface area contributed by atoms with E-state index in [0.29, 0.717) is 0 Å². The first-order valence-corrected chi connectivity index (χ1v) is 6.04. The molecule has 0 bridgehead atoms. The molecule has 0 amide bonds. The normalized spacial score (nSPS) is 12.8. The summed E-state index contributed by atoms with van der Waals surface area (Å²) >= 11 is 0. The molecule has 0 aliphatic heterocycles. The first kappa shape index (κ1) is 13.2. The van der Waals surface area contributed by atoms with Crippen molar-refractivity contribution in [1.82, 2.24) is 5.32 Å². The molecule has 0 saturated carbocycles. The Labute approximate surface area is 99.2 Å². The first-order valence-electron chi connectivity index (χ1n) is 6.04. The van der Waals surface area contributed by atoms with Gasteiger partial charge in [0.15, 0.2) is 0 Å². The van der Waals surface area contributed by atoms with Crippen molar-refractivity contribution in [3.8, 4) is 0 Å². The number of hydrogen-bond donors (Lipinski definition) is 2. The number of aryl methyl sites for hydroxylation is 1. The Hall–Kier alpha value is -0.860. The van der Waals surface area contributed by atoms with Crippen molar-refractivity contribution >= 4 is 0 Å². The monoisotopic (exact) mass is 220 g/mol. The van der Waals surface area contributed by atoms with Crippen molar-refractivity contribution in [2.75, 3.05) is 13.1 Å². The maximum atomic E-state index is 5.68. The van der Waals surface area contributed by atoms with E-state index in [4.69, 9.17) is 5.73 Å². The summed E-state index contributed by atoms with van der Waals surface area (Å²) in [5.41, 5.74) is 11.4. The lowest BCUT2D eigenvalue weighted by Crippen LogP contribution is -2.32. The smallest absolute Gasteiger partial charge is 0.0136 e. The first-order chi connectivity index (χ1) is 7.52. The van der Waals surface area contributed by atoms with E-state index in [2.05, 4.69) is 38.2 Å². The molecular formula is C14H24N2. The van der Waals surface area contributed by atoms with Gasteiger partial charge in [-0.15, -0.1) is 0 Å². The van der Waals surface area contributed by atoms with E-state index in [0.717, 1.165) is 19.5 Å². The maximum absolute atomic E-state index is 5.68. The van der Waals surface area contributed by atoms with E-state index >= 15 is 0 Å². The van der Waals surface area contributed by atoms with Crippen LogP contribution in [0.2, 0.25) is 0 Å². The van der Waals surface area contributed by atoms with Crippen molar-refractivity contribution in [2.45, 2.75) is 40.2 Å². The standard InChI is InChI=1S/C14H24N2/c1-10-5-6-14(13(4)12(10)3)7-8-16-9-11(2)15/h5-6,11,16H,7-9,15H2,1-4H3. The van der Waals surface area contributed by atoms with Crippen LogP contribution < -0.4 is 11.1 Å². The molecule has 90 valence electrons. The predicted molar refractivity (Wildman–Crippen MR) is 70.9 cm³/mol. The second-order valence-corrected chi connectivity index (χ2v) is 4.72. The van der Waals surface area contributed by atoms with Crippen LogP contribution in [0.3, 0.4) is 0 Å². The van der Waals surface area contributed by atoms with Gasteiger partial charge in [0.1, 0.15) is 0 Å². The molecule has 0 fully saturated rings. The molecule has 1 aromatic carbocycles. The second-order valence-electron chi connectivity index (χ2n) is 4.72. The molecule has 1 rings (SSSR count). The Morgan fingerprint density at radius 1 is 1.19 bits per heavy atom. The van der Waals surface area contributed by atoms with E-state index in [9.17, 15) is 0 Å². The van der Waals surface area contributed by atoms with Crippen LogP contribution in [0.25, 0.3) is 0 Å².